The van der Waals surface area contributed by atoms with Gasteiger partial charge in [-0.1, -0.05) is 37.6 Å². The van der Waals surface area contributed by atoms with Gasteiger partial charge in [-0.3, -0.25) is 14.5 Å². The van der Waals surface area contributed by atoms with Crippen molar-refractivity contribution in [3.8, 4) is 17.2 Å². The van der Waals surface area contributed by atoms with Crippen LogP contribution in [0.15, 0.2) is 42.5 Å². The minimum Gasteiger partial charge on any atom is -0.493 e. The van der Waals surface area contributed by atoms with E-state index in [1.165, 1.54) is 0 Å². The molecule has 1 amide bonds. The average Bonchev–Trinajstić information content (AvgIpc) is 3.56. The van der Waals surface area contributed by atoms with E-state index in [1.54, 1.807) is 19.2 Å². The van der Waals surface area contributed by atoms with Crippen LogP contribution in [0, 0.1) is 5.92 Å². The SMILES string of the molecule is CCCCN(CCCN)C(=O)CN1C[C@H](c2ccc3c(c2)CCO3)C(C(=O)O)[C@@H]1COc1ccccc1OC. The van der Waals surface area contributed by atoms with Crippen molar-refractivity contribution in [1.29, 1.82) is 0 Å². The van der Waals surface area contributed by atoms with Gasteiger partial charge in [0.1, 0.15) is 12.4 Å². The highest BCUT2D eigenvalue weighted by molar-refractivity contribution is 5.79. The molecule has 0 spiro atoms. The molecule has 9 nitrogen and oxygen atoms in total. The molecule has 2 aliphatic rings. The number of hydrogen-bond donors (Lipinski definition) is 2. The molecule has 212 valence electrons. The molecule has 2 aromatic carbocycles. The number of rotatable bonds is 14. The summed E-state index contributed by atoms with van der Waals surface area (Å²) in [6.07, 6.45) is 3.43. The number of methoxy groups -OCH3 is 1. The van der Waals surface area contributed by atoms with Crippen molar-refractivity contribution in [3.05, 3.63) is 53.6 Å². The second kappa shape index (κ2) is 13.7. The maximum Gasteiger partial charge on any atom is 0.308 e. The van der Waals surface area contributed by atoms with E-state index in [4.69, 9.17) is 19.9 Å². The maximum atomic E-state index is 13.5. The summed E-state index contributed by atoms with van der Waals surface area (Å²) >= 11 is 0. The molecule has 0 bridgehead atoms. The molecule has 4 rings (SSSR count). The smallest absolute Gasteiger partial charge is 0.308 e. The van der Waals surface area contributed by atoms with Crippen molar-refractivity contribution in [1.82, 2.24) is 9.80 Å². The number of hydrogen-bond acceptors (Lipinski definition) is 7. The van der Waals surface area contributed by atoms with Gasteiger partial charge in [0.25, 0.3) is 0 Å². The van der Waals surface area contributed by atoms with E-state index in [-0.39, 0.29) is 25.0 Å². The van der Waals surface area contributed by atoms with Gasteiger partial charge in [-0.05, 0) is 48.7 Å². The summed E-state index contributed by atoms with van der Waals surface area (Å²) in [4.78, 5) is 30.2. The highest BCUT2D eigenvalue weighted by Crippen LogP contribution is 2.40. The fourth-order valence-corrected chi connectivity index (χ4v) is 5.65. The number of carbonyl (C=O) groups is 2. The van der Waals surface area contributed by atoms with Crippen LogP contribution in [0.5, 0.6) is 17.2 Å². The minimum atomic E-state index is -0.897. The Hall–Kier alpha value is -3.30. The van der Waals surface area contributed by atoms with Crippen LogP contribution < -0.4 is 19.9 Å². The number of ether oxygens (including phenoxy) is 3. The Kier molecular flexibility index (Phi) is 10.1. The standard InChI is InChI=1S/C30H41N3O6/c1-3-4-14-32(15-7-13-31)28(34)19-33-18-23(21-10-11-25-22(17-21)12-16-38-25)29(30(35)36)24(33)20-39-27-9-6-5-8-26(27)37-2/h5-6,8-11,17,23-24,29H,3-4,7,12-16,18-20,31H2,1-2H3,(H,35,36)/t23-,24+,29?/m1/s1. The van der Waals surface area contributed by atoms with Gasteiger partial charge in [0.2, 0.25) is 5.91 Å². The van der Waals surface area contributed by atoms with Crippen LogP contribution in [0.2, 0.25) is 0 Å². The van der Waals surface area contributed by atoms with Gasteiger partial charge >= 0.3 is 5.97 Å². The molecular weight excluding hydrogens is 498 g/mol. The number of likely N-dealkylation sites (tertiary alicyclic amines) is 1. The summed E-state index contributed by atoms with van der Waals surface area (Å²) in [5.41, 5.74) is 7.78. The number of carbonyl (C=O) groups excluding carboxylic acids is 1. The van der Waals surface area contributed by atoms with Gasteiger partial charge in [-0.25, -0.2) is 0 Å². The van der Waals surface area contributed by atoms with Crippen molar-refractivity contribution < 1.29 is 28.9 Å². The lowest BCUT2D eigenvalue weighted by Gasteiger charge is -2.29. The predicted molar refractivity (Wildman–Crippen MR) is 149 cm³/mol. The van der Waals surface area contributed by atoms with Crippen LogP contribution in [0.3, 0.4) is 0 Å². The van der Waals surface area contributed by atoms with Gasteiger partial charge in [0, 0.05) is 32.0 Å². The molecule has 0 radical (unpaired) electrons. The number of fused-ring (bicyclic) bond motifs is 1. The Balaban J connectivity index is 1.61. The van der Waals surface area contributed by atoms with Crippen LogP contribution >= 0.6 is 0 Å². The van der Waals surface area contributed by atoms with Crippen LogP contribution in [0.1, 0.15) is 43.2 Å². The Labute approximate surface area is 230 Å². The van der Waals surface area contributed by atoms with E-state index in [0.29, 0.717) is 44.3 Å². The van der Waals surface area contributed by atoms with Crippen molar-refractivity contribution in [2.45, 2.75) is 44.6 Å². The number of unbranched alkanes of at least 4 members (excludes halogenated alkanes) is 1. The van der Waals surface area contributed by atoms with E-state index < -0.39 is 17.9 Å². The van der Waals surface area contributed by atoms with Gasteiger partial charge in [-0.2, -0.15) is 0 Å². The quantitative estimate of drug-likeness (QED) is 0.376. The zero-order valence-corrected chi connectivity index (χ0v) is 23.0. The fraction of sp³-hybridized carbons (Fsp3) is 0.533. The van der Waals surface area contributed by atoms with E-state index >= 15 is 0 Å². The zero-order valence-electron chi connectivity index (χ0n) is 23.0. The molecule has 1 fully saturated rings. The highest BCUT2D eigenvalue weighted by atomic mass is 16.5. The fourth-order valence-electron chi connectivity index (χ4n) is 5.65. The molecule has 3 atom stereocenters. The number of nitrogens with zero attached hydrogens (tertiary/aromatic N) is 2. The molecule has 1 unspecified atom stereocenters. The summed E-state index contributed by atoms with van der Waals surface area (Å²) in [5, 5.41) is 10.5. The van der Waals surface area contributed by atoms with Gasteiger partial charge in [-0.15, -0.1) is 0 Å². The van der Waals surface area contributed by atoms with Crippen molar-refractivity contribution >= 4 is 11.9 Å². The number of carboxylic acids is 1. The van der Waals surface area contributed by atoms with Gasteiger partial charge in [0.05, 0.1) is 32.2 Å². The lowest BCUT2D eigenvalue weighted by Crippen LogP contribution is -2.47. The normalized spacial score (nSPS) is 20.3. The van der Waals surface area contributed by atoms with Crippen molar-refractivity contribution in [3.63, 3.8) is 0 Å². The third-order valence-electron chi connectivity index (χ3n) is 7.76. The third kappa shape index (κ3) is 6.83. The largest absolute Gasteiger partial charge is 0.493 e. The minimum absolute atomic E-state index is 0.00802. The maximum absolute atomic E-state index is 13.5. The lowest BCUT2D eigenvalue weighted by molar-refractivity contribution is -0.144. The van der Waals surface area contributed by atoms with Crippen LogP contribution in [-0.4, -0.2) is 85.9 Å². The third-order valence-corrected chi connectivity index (χ3v) is 7.76. The van der Waals surface area contributed by atoms with E-state index in [2.05, 4.69) is 13.0 Å². The number of aliphatic carboxylic acids is 1. The molecule has 2 aromatic rings. The van der Waals surface area contributed by atoms with Gasteiger partial charge in [0.15, 0.2) is 11.5 Å². The second-order valence-electron chi connectivity index (χ2n) is 10.3. The number of benzene rings is 2. The number of carboxylic acid groups (broad SMARTS) is 1. The molecule has 39 heavy (non-hydrogen) atoms. The average molecular weight is 540 g/mol. The van der Waals surface area contributed by atoms with Crippen LogP contribution in [-0.2, 0) is 16.0 Å². The topological polar surface area (TPSA) is 115 Å². The first-order valence-corrected chi connectivity index (χ1v) is 13.9. The Morgan fingerprint density at radius 1 is 1.15 bits per heavy atom. The Morgan fingerprint density at radius 3 is 2.64 bits per heavy atom. The molecule has 0 saturated carbocycles. The highest BCUT2D eigenvalue weighted by Gasteiger charge is 2.48. The lowest BCUT2D eigenvalue weighted by atomic mass is 9.84. The summed E-state index contributed by atoms with van der Waals surface area (Å²) in [6, 6.07) is 12.8. The summed E-state index contributed by atoms with van der Waals surface area (Å²) in [5.74, 6) is 0.0335. The van der Waals surface area contributed by atoms with E-state index in [9.17, 15) is 14.7 Å². The molecule has 0 aromatic heterocycles. The summed E-state index contributed by atoms with van der Waals surface area (Å²) < 4.78 is 17.3. The molecule has 0 aliphatic carbocycles. The first-order chi connectivity index (χ1) is 19.0. The van der Waals surface area contributed by atoms with Crippen molar-refractivity contribution in [2.24, 2.45) is 11.7 Å². The molecule has 1 saturated heterocycles. The van der Waals surface area contributed by atoms with Crippen molar-refractivity contribution in [2.75, 3.05) is 53.0 Å². The Bertz CT molecular complexity index is 1120. The van der Waals surface area contributed by atoms with Crippen LogP contribution in [0.4, 0.5) is 0 Å². The second-order valence-corrected chi connectivity index (χ2v) is 10.3. The zero-order chi connectivity index (χ0) is 27.8. The number of nitrogens with two attached hydrogens (primary N) is 1. The van der Waals surface area contributed by atoms with Crippen LogP contribution in [0.25, 0.3) is 0 Å². The number of para-hydroxylation sites is 2. The Morgan fingerprint density at radius 2 is 1.92 bits per heavy atom. The molecule has 3 N–H and O–H groups in total. The van der Waals surface area contributed by atoms with E-state index in [1.807, 2.05) is 34.1 Å². The summed E-state index contributed by atoms with van der Waals surface area (Å²) in [6.45, 7) is 5.21. The molecule has 9 heteroatoms. The summed E-state index contributed by atoms with van der Waals surface area (Å²) in [7, 11) is 1.57. The molecule has 2 heterocycles. The molecular formula is C30H41N3O6. The van der Waals surface area contributed by atoms with E-state index in [0.717, 1.165) is 42.6 Å². The first-order valence-electron chi connectivity index (χ1n) is 13.9. The first kappa shape index (κ1) is 28.7. The number of amides is 1. The predicted octanol–water partition coefficient (Wildman–Crippen LogP) is 3.16. The monoisotopic (exact) mass is 539 g/mol. The van der Waals surface area contributed by atoms with Gasteiger partial charge < -0.3 is 30.0 Å². The molecule has 2 aliphatic heterocycles.